The Hall–Kier alpha value is -1.26. The van der Waals surface area contributed by atoms with Crippen LogP contribution in [0.4, 0.5) is 0 Å². The molecule has 0 heterocycles. The van der Waals surface area contributed by atoms with Gasteiger partial charge < -0.3 is 16.0 Å². The van der Waals surface area contributed by atoms with Crippen LogP contribution in [0.25, 0.3) is 0 Å². The van der Waals surface area contributed by atoms with Crippen LogP contribution in [-0.2, 0) is 4.79 Å². The Morgan fingerprint density at radius 1 is 1.33 bits per heavy atom. The summed E-state index contributed by atoms with van der Waals surface area (Å²) >= 11 is 0. The van der Waals surface area contributed by atoms with Crippen LogP contribution in [0.2, 0.25) is 0 Å². The van der Waals surface area contributed by atoms with E-state index in [1.165, 1.54) is 0 Å². The van der Waals surface area contributed by atoms with Crippen molar-refractivity contribution in [3.05, 3.63) is 0 Å². The minimum absolute atomic E-state index is 0.0126. The Kier molecular flexibility index (Phi) is 6.54. The Labute approximate surface area is 110 Å². The number of carbonyl (C=O) groups excluding carboxylic acids is 1. The lowest BCUT2D eigenvalue weighted by Gasteiger charge is -2.12. The van der Waals surface area contributed by atoms with Gasteiger partial charge in [-0.1, -0.05) is 13.8 Å². The van der Waals surface area contributed by atoms with Crippen molar-refractivity contribution >= 4 is 11.9 Å². The minimum Gasteiger partial charge on any atom is -0.357 e. The van der Waals surface area contributed by atoms with Gasteiger partial charge >= 0.3 is 0 Å². The largest absolute Gasteiger partial charge is 0.357 e. The molecule has 0 atom stereocenters. The van der Waals surface area contributed by atoms with Crippen molar-refractivity contribution in [2.24, 2.45) is 10.9 Å². The molecule has 1 aliphatic carbocycles. The maximum Gasteiger partial charge on any atom is 0.242 e. The highest BCUT2D eigenvalue weighted by atomic mass is 16.2. The van der Waals surface area contributed by atoms with Crippen LogP contribution in [0, 0.1) is 5.92 Å². The fourth-order valence-electron chi connectivity index (χ4n) is 1.47. The van der Waals surface area contributed by atoms with Crippen molar-refractivity contribution in [2.45, 2.75) is 46.1 Å². The molecule has 0 saturated heterocycles. The predicted molar refractivity (Wildman–Crippen MR) is 74.6 cm³/mol. The molecule has 5 nitrogen and oxygen atoms in total. The lowest BCUT2D eigenvalue weighted by atomic mass is 10.1. The summed E-state index contributed by atoms with van der Waals surface area (Å²) in [6.07, 6.45) is 3.32. The van der Waals surface area contributed by atoms with Crippen LogP contribution in [0.15, 0.2) is 4.99 Å². The molecular formula is C13H26N4O. The molecule has 1 fully saturated rings. The normalized spacial score (nSPS) is 15.7. The minimum atomic E-state index is 0.0126. The zero-order valence-corrected chi connectivity index (χ0v) is 11.8. The topological polar surface area (TPSA) is 65.5 Å². The van der Waals surface area contributed by atoms with E-state index in [0.717, 1.165) is 38.3 Å². The van der Waals surface area contributed by atoms with E-state index in [2.05, 4.69) is 34.8 Å². The third-order valence-electron chi connectivity index (χ3n) is 2.68. The lowest BCUT2D eigenvalue weighted by Crippen LogP contribution is -2.39. The Morgan fingerprint density at radius 3 is 2.61 bits per heavy atom. The highest BCUT2D eigenvalue weighted by Crippen LogP contribution is 2.18. The molecule has 1 aliphatic rings. The third-order valence-corrected chi connectivity index (χ3v) is 2.68. The van der Waals surface area contributed by atoms with Gasteiger partial charge in [-0.2, -0.15) is 0 Å². The summed E-state index contributed by atoms with van der Waals surface area (Å²) in [5, 5.41) is 9.30. The van der Waals surface area contributed by atoms with Crippen LogP contribution >= 0.6 is 0 Å². The lowest BCUT2D eigenvalue weighted by molar-refractivity contribution is -0.119. The fraction of sp³-hybridized carbons (Fsp3) is 0.846. The van der Waals surface area contributed by atoms with E-state index in [9.17, 15) is 4.79 Å². The number of hydrogen-bond donors (Lipinski definition) is 3. The summed E-state index contributed by atoms with van der Waals surface area (Å²) in [6.45, 7) is 8.28. The fourth-order valence-corrected chi connectivity index (χ4v) is 1.47. The Bertz CT molecular complexity index is 285. The number of amides is 1. The van der Waals surface area contributed by atoms with Gasteiger partial charge in [-0.25, -0.2) is 4.99 Å². The zero-order valence-electron chi connectivity index (χ0n) is 11.8. The highest BCUT2D eigenvalue weighted by molar-refractivity contribution is 5.85. The molecule has 0 aromatic rings. The van der Waals surface area contributed by atoms with Gasteiger partial charge in [0.15, 0.2) is 5.96 Å². The third kappa shape index (κ3) is 7.14. The van der Waals surface area contributed by atoms with E-state index < -0.39 is 0 Å². The molecule has 0 aromatic heterocycles. The molecule has 18 heavy (non-hydrogen) atoms. The van der Waals surface area contributed by atoms with Crippen LogP contribution in [0.3, 0.4) is 0 Å². The van der Waals surface area contributed by atoms with Crippen molar-refractivity contribution in [3.8, 4) is 0 Å². The van der Waals surface area contributed by atoms with Crippen molar-refractivity contribution in [3.63, 3.8) is 0 Å². The predicted octanol–water partition coefficient (Wildman–Crippen LogP) is 0.866. The van der Waals surface area contributed by atoms with Crippen molar-refractivity contribution in [2.75, 3.05) is 19.6 Å². The number of rotatable bonds is 7. The Balaban J connectivity index is 2.26. The van der Waals surface area contributed by atoms with Gasteiger partial charge in [0.05, 0.1) is 0 Å². The monoisotopic (exact) mass is 254 g/mol. The second kappa shape index (κ2) is 7.95. The standard InChI is InChI=1S/C13H26N4O/c1-4-14-13(15-8-7-10(2)3)16-9-12(18)17-11-5-6-11/h10-11H,4-9H2,1-3H3,(H,17,18)(H2,14,15,16). The molecule has 0 aliphatic heterocycles. The SMILES string of the molecule is CCNC(=NCC(=O)NC1CC1)NCCC(C)C. The van der Waals surface area contributed by atoms with Gasteiger partial charge in [0, 0.05) is 19.1 Å². The van der Waals surface area contributed by atoms with Gasteiger partial charge in [-0.15, -0.1) is 0 Å². The molecule has 0 bridgehead atoms. The molecule has 0 unspecified atom stereocenters. The summed E-state index contributed by atoms with van der Waals surface area (Å²) in [5.41, 5.74) is 0. The molecule has 1 saturated carbocycles. The van der Waals surface area contributed by atoms with E-state index in [4.69, 9.17) is 0 Å². The van der Waals surface area contributed by atoms with Gasteiger partial charge in [0.1, 0.15) is 6.54 Å². The second-order valence-corrected chi connectivity index (χ2v) is 5.15. The van der Waals surface area contributed by atoms with E-state index in [1.807, 2.05) is 6.92 Å². The first-order valence-electron chi connectivity index (χ1n) is 6.93. The van der Waals surface area contributed by atoms with Gasteiger partial charge in [-0.3, -0.25) is 4.79 Å². The molecule has 1 rings (SSSR count). The average Bonchev–Trinajstić information content (AvgIpc) is 3.09. The highest BCUT2D eigenvalue weighted by Gasteiger charge is 2.22. The van der Waals surface area contributed by atoms with Crippen molar-refractivity contribution in [1.82, 2.24) is 16.0 Å². The first kappa shape index (κ1) is 14.8. The molecule has 1 amide bonds. The van der Waals surface area contributed by atoms with Crippen molar-refractivity contribution in [1.29, 1.82) is 0 Å². The number of guanidine groups is 1. The zero-order chi connectivity index (χ0) is 13.4. The number of hydrogen-bond acceptors (Lipinski definition) is 2. The number of nitrogens with zero attached hydrogens (tertiary/aromatic N) is 1. The molecule has 0 aromatic carbocycles. The summed E-state index contributed by atoms with van der Waals surface area (Å²) in [5.74, 6) is 1.40. The van der Waals surface area contributed by atoms with Crippen LogP contribution in [-0.4, -0.2) is 37.5 Å². The summed E-state index contributed by atoms with van der Waals surface area (Å²) in [4.78, 5) is 15.8. The Morgan fingerprint density at radius 2 is 2.06 bits per heavy atom. The average molecular weight is 254 g/mol. The van der Waals surface area contributed by atoms with Crippen LogP contribution in [0.1, 0.15) is 40.0 Å². The van der Waals surface area contributed by atoms with Gasteiger partial charge in [0.2, 0.25) is 5.91 Å². The summed E-state index contributed by atoms with van der Waals surface area (Å²) in [7, 11) is 0. The van der Waals surface area contributed by atoms with E-state index in [1.54, 1.807) is 0 Å². The molecular weight excluding hydrogens is 228 g/mol. The first-order chi connectivity index (χ1) is 8.61. The molecule has 0 radical (unpaired) electrons. The number of aliphatic imine (C=N–C) groups is 1. The first-order valence-corrected chi connectivity index (χ1v) is 6.93. The van der Waals surface area contributed by atoms with Crippen molar-refractivity contribution < 1.29 is 4.79 Å². The quantitative estimate of drug-likeness (QED) is 0.466. The molecule has 3 N–H and O–H groups in total. The molecule has 104 valence electrons. The van der Waals surface area contributed by atoms with E-state index in [-0.39, 0.29) is 12.5 Å². The van der Waals surface area contributed by atoms with Crippen LogP contribution in [0.5, 0.6) is 0 Å². The molecule has 0 spiro atoms. The van der Waals surface area contributed by atoms with Crippen LogP contribution < -0.4 is 16.0 Å². The van der Waals surface area contributed by atoms with Gasteiger partial charge in [0.25, 0.3) is 0 Å². The maximum absolute atomic E-state index is 11.5. The van der Waals surface area contributed by atoms with E-state index in [0.29, 0.717) is 12.0 Å². The maximum atomic E-state index is 11.5. The second-order valence-electron chi connectivity index (χ2n) is 5.15. The van der Waals surface area contributed by atoms with E-state index >= 15 is 0 Å². The molecule has 5 heteroatoms. The number of nitrogens with one attached hydrogen (secondary N) is 3. The number of carbonyl (C=O) groups is 1. The summed E-state index contributed by atoms with van der Waals surface area (Å²) < 4.78 is 0. The van der Waals surface area contributed by atoms with Gasteiger partial charge in [-0.05, 0) is 32.1 Å². The summed E-state index contributed by atoms with van der Waals surface area (Å²) in [6, 6.07) is 0.407. The smallest absolute Gasteiger partial charge is 0.242 e.